The number of piperidine rings is 1. The predicted octanol–water partition coefficient (Wildman–Crippen LogP) is 2.87. The Bertz CT molecular complexity index is 750. The Morgan fingerprint density at radius 1 is 0.958 bits per heavy atom. The fourth-order valence-electron chi connectivity index (χ4n) is 3.20. The molecule has 0 aliphatic carbocycles. The summed E-state index contributed by atoms with van der Waals surface area (Å²) < 4.78 is 25.3. The maximum Gasteiger partial charge on any atom is 0.208 e. The van der Waals surface area contributed by atoms with Crippen molar-refractivity contribution in [1.29, 1.82) is 0 Å². The van der Waals surface area contributed by atoms with Gasteiger partial charge in [0.05, 0.1) is 6.26 Å². The summed E-state index contributed by atoms with van der Waals surface area (Å²) in [5.74, 6) is 0. The van der Waals surface area contributed by atoms with Crippen LogP contribution < -0.4 is 4.72 Å². The van der Waals surface area contributed by atoms with Crippen LogP contribution in [0.3, 0.4) is 0 Å². The van der Waals surface area contributed by atoms with E-state index in [9.17, 15) is 8.42 Å². The van der Waals surface area contributed by atoms with Gasteiger partial charge in [-0.2, -0.15) is 0 Å². The first-order chi connectivity index (χ1) is 11.5. The quantitative estimate of drug-likeness (QED) is 0.907. The number of hydrogen-bond donors (Lipinski definition) is 1. The third-order valence-corrected chi connectivity index (χ3v) is 5.20. The molecule has 1 aliphatic rings. The van der Waals surface area contributed by atoms with E-state index in [4.69, 9.17) is 0 Å². The van der Waals surface area contributed by atoms with Gasteiger partial charge >= 0.3 is 0 Å². The van der Waals surface area contributed by atoms with Gasteiger partial charge in [0.2, 0.25) is 10.0 Å². The van der Waals surface area contributed by atoms with Crippen LogP contribution in [0.5, 0.6) is 0 Å². The maximum atomic E-state index is 11.3. The number of hydrogen-bond acceptors (Lipinski definition) is 3. The molecule has 2 aromatic carbocycles. The van der Waals surface area contributed by atoms with Gasteiger partial charge in [0, 0.05) is 25.7 Å². The van der Waals surface area contributed by atoms with E-state index in [1.165, 1.54) is 22.9 Å². The summed E-state index contributed by atoms with van der Waals surface area (Å²) >= 11 is 0. The second kappa shape index (κ2) is 7.47. The Hall–Kier alpha value is -1.69. The lowest BCUT2D eigenvalue weighted by Crippen LogP contribution is -2.43. The van der Waals surface area contributed by atoms with Crippen molar-refractivity contribution in [3.8, 4) is 11.1 Å². The summed E-state index contributed by atoms with van der Waals surface area (Å²) in [7, 11) is -3.10. The van der Waals surface area contributed by atoms with Crippen LogP contribution in [-0.2, 0) is 16.6 Å². The van der Waals surface area contributed by atoms with Gasteiger partial charge in [-0.3, -0.25) is 4.90 Å². The third kappa shape index (κ3) is 4.90. The maximum absolute atomic E-state index is 11.3. The lowest BCUT2D eigenvalue weighted by atomic mass is 10.0. The van der Waals surface area contributed by atoms with Crippen molar-refractivity contribution in [2.75, 3.05) is 19.3 Å². The largest absolute Gasteiger partial charge is 0.299 e. The van der Waals surface area contributed by atoms with Crippen LogP contribution in [0.15, 0.2) is 54.6 Å². The van der Waals surface area contributed by atoms with Crippen LogP contribution in [-0.4, -0.2) is 38.7 Å². The third-order valence-electron chi connectivity index (χ3n) is 4.44. The van der Waals surface area contributed by atoms with E-state index in [1.807, 2.05) is 6.07 Å². The molecule has 0 atom stereocenters. The van der Waals surface area contributed by atoms with Gasteiger partial charge in [0.1, 0.15) is 0 Å². The van der Waals surface area contributed by atoms with Gasteiger partial charge in [-0.05, 0) is 29.5 Å². The molecule has 1 aliphatic heterocycles. The van der Waals surface area contributed by atoms with E-state index in [0.717, 1.165) is 32.5 Å². The van der Waals surface area contributed by atoms with E-state index in [0.29, 0.717) is 0 Å². The fraction of sp³-hybridized carbons (Fsp3) is 0.368. The fourth-order valence-corrected chi connectivity index (χ4v) is 4.04. The Balaban J connectivity index is 1.54. The van der Waals surface area contributed by atoms with Gasteiger partial charge in [-0.15, -0.1) is 0 Å². The van der Waals surface area contributed by atoms with Crippen molar-refractivity contribution in [2.24, 2.45) is 0 Å². The van der Waals surface area contributed by atoms with Crippen molar-refractivity contribution in [1.82, 2.24) is 9.62 Å². The molecule has 5 heteroatoms. The Labute approximate surface area is 144 Å². The number of sulfonamides is 1. The number of benzene rings is 2. The molecule has 0 bridgehead atoms. The van der Waals surface area contributed by atoms with Gasteiger partial charge in [-0.1, -0.05) is 54.6 Å². The van der Waals surface area contributed by atoms with Crippen molar-refractivity contribution >= 4 is 10.0 Å². The number of likely N-dealkylation sites (tertiary alicyclic amines) is 1. The molecule has 0 spiro atoms. The number of rotatable bonds is 5. The molecule has 2 aromatic rings. The van der Waals surface area contributed by atoms with Crippen LogP contribution in [0.4, 0.5) is 0 Å². The Kier molecular flexibility index (Phi) is 5.33. The zero-order valence-electron chi connectivity index (χ0n) is 14.0. The minimum absolute atomic E-state index is 0.0803. The summed E-state index contributed by atoms with van der Waals surface area (Å²) in [6.07, 6.45) is 2.97. The second-order valence-corrected chi connectivity index (χ2v) is 8.28. The van der Waals surface area contributed by atoms with Crippen LogP contribution in [0, 0.1) is 0 Å². The molecule has 0 radical (unpaired) electrons. The standard InChI is InChI=1S/C19H24N2O2S/c1-24(22,23)20-19-11-13-21(14-12-19)15-16-7-9-18(10-8-16)17-5-3-2-4-6-17/h2-10,19-20H,11-15H2,1H3. The normalized spacial score (nSPS) is 17.0. The molecule has 0 unspecified atom stereocenters. The van der Waals surface area contributed by atoms with E-state index in [2.05, 4.69) is 58.2 Å². The second-order valence-electron chi connectivity index (χ2n) is 6.50. The first-order valence-corrected chi connectivity index (χ1v) is 10.2. The van der Waals surface area contributed by atoms with E-state index >= 15 is 0 Å². The first-order valence-electron chi connectivity index (χ1n) is 8.34. The van der Waals surface area contributed by atoms with E-state index < -0.39 is 10.0 Å². The highest BCUT2D eigenvalue weighted by Gasteiger charge is 2.21. The van der Waals surface area contributed by atoms with Crippen molar-refractivity contribution in [2.45, 2.75) is 25.4 Å². The summed E-state index contributed by atoms with van der Waals surface area (Å²) in [6.45, 7) is 2.77. The van der Waals surface area contributed by atoms with Gasteiger partial charge in [0.15, 0.2) is 0 Å². The molecule has 1 heterocycles. The predicted molar refractivity (Wildman–Crippen MR) is 98.2 cm³/mol. The SMILES string of the molecule is CS(=O)(=O)NC1CCN(Cc2ccc(-c3ccccc3)cc2)CC1. The highest BCUT2D eigenvalue weighted by molar-refractivity contribution is 7.88. The molecule has 0 saturated carbocycles. The average molecular weight is 344 g/mol. The number of nitrogens with one attached hydrogen (secondary N) is 1. The number of nitrogens with zero attached hydrogens (tertiary/aromatic N) is 1. The zero-order chi connectivity index (χ0) is 17.0. The molecular weight excluding hydrogens is 320 g/mol. The van der Waals surface area contributed by atoms with Crippen LogP contribution in [0.1, 0.15) is 18.4 Å². The summed E-state index contributed by atoms with van der Waals surface area (Å²) in [5.41, 5.74) is 3.76. The molecule has 3 rings (SSSR count). The van der Waals surface area contributed by atoms with Crippen molar-refractivity contribution in [3.63, 3.8) is 0 Å². The molecule has 1 saturated heterocycles. The lowest BCUT2D eigenvalue weighted by molar-refractivity contribution is 0.200. The van der Waals surface area contributed by atoms with Crippen molar-refractivity contribution in [3.05, 3.63) is 60.2 Å². The monoisotopic (exact) mass is 344 g/mol. The van der Waals surface area contributed by atoms with Crippen molar-refractivity contribution < 1.29 is 8.42 Å². The summed E-state index contributed by atoms with van der Waals surface area (Å²) in [4.78, 5) is 2.39. The van der Waals surface area contributed by atoms with Gasteiger partial charge in [-0.25, -0.2) is 13.1 Å². The highest BCUT2D eigenvalue weighted by Crippen LogP contribution is 2.20. The van der Waals surface area contributed by atoms with Gasteiger partial charge in [0.25, 0.3) is 0 Å². The minimum atomic E-state index is -3.10. The van der Waals surface area contributed by atoms with E-state index in [-0.39, 0.29) is 6.04 Å². The minimum Gasteiger partial charge on any atom is -0.299 e. The van der Waals surface area contributed by atoms with Crippen LogP contribution in [0.2, 0.25) is 0 Å². The highest BCUT2D eigenvalue weighted by atomic mass is 32.2. The van der Waals surface area contributed by atoms with E-state index in [1.54, 1.807) is 0 Å². The molecule has 0 aromatic heterocycles. The summed E-state index contributed by atoms with van der Waals surface area (Å²) in [5, 5.41) is 0. The molecular formula is C19H24N2O2S. The molecule has 4 nitrogen and oxygen atoms in total. The molecule has 128 valence electrons. The summed E-state index contributed by atoms with van der Waals surface area (Å²) in [6, 6.07) is 19.2. The zero-order valence-corrected chi connectivity index (χ0v) is 14.8. The van der Waals surface area contributed by atoms with Crippen LogP contribution >= 0.6 is 0 Å². The average Bonchev–Trinajstić information content (AvgIpc) is 2.57. The molecule has 24 heavy (non-hydrogen) atoms. The Morgan fingerprint density at radius 2 is 1.54 bits per heavy atom. The lowest BCUT2D eigenvalue weighted by Gasteiger charge is -2.32. The first kappa shape index (κ1) is 17.1. The van der Waals surface area contributed by atoms with Crippen LogP contribution in [0.25, 0.3) is 11.1 Å². The molecule has 1 N–H and O–H groups in total. The molecule has 0 amide bonds. The van der Waals surface area contributed by atoms with Gasteiger partial charge < -0.3 is 0 Å². The molecule has 1 fully saturated rings. The Morgan fingerprint density at radius 3 is 2.12 bits per heavy atom. The topological polar surface area (TPSA) is 49.4 Å². The smallest absolute Gasteiger partial charge is 0.208 e.